The van der Waals surface area contributed by atoms with Gasteiger partial charge in [-0.05, 0) is 54.3 Å². The molecule has 5 heteroatoms. The largest absolute Gasteiger partial charge is 0.346 e. The van der Waals surface area contributed by atoms with Gasteiger partial charge in [-0.3, -0.25) is 4.79 Å². The highest BCUT2D eigenvalue weighted by molar-refractivity contribution is 5.94. The van der Waals surface area contributed by atoms with Gasteiger partial charge in [0.2, 0.25) is 0 Å². The van der Waals surface area contributed by atoms with E-state index in [0.717, 1.165) is 18.7 Å². The second-order valence-corrected chi connectivity index (χ2v) is 5.79. The fraction of sp³-hybridized carbons (Fsp3) is 0.278. The maximum atomic E-state index is 13.6. The van der Waals surface area contributed by atoms with Crippen LogP contribution in [-0.4, -0.2) is 5.91 Å². The van der Waals surface area contributed by atoms with Crippen molar-refractivity contribution in [3.8, 4) is 0 Å². The van der Waals surface area contributed by atoms with Gasteiger partial charge in [0.05, 0.1) is 6.04 Å². The molecule has 0 saturated carbocycles. The number of benzene rings is 2. The lowest BCUT2D eigenvalue weighted by Crippen LogP contribution is -2.26. The van der Waals surface area contributed by atoms with Crippen molar-refractivity contribution in [1.82, 2.24) is 10.6 Å². The minimum absolute atomic E-state index is 0. The predicted molar refractivity (Wildman–Crippen MR) is 91.3 cm³/mol. The molecule has 1 atom stereocenters. The first-order valence-corrected chi connectivity index (χ1v) is 7.44. The smallest absolute Gasteiger partial charge is 0.251 e. The summed E-state index contributed by atoms with van der Waals surface area (Å²) in [6, 6.07) is 10.6. The van der Waals surface area contributed by atoms with Gasteiger partial charge < -0.3 is 10.6 Å². The quantitative estimate of drug-likeness (QED) is 0.899. The van der Waals surface area contributed by atoms with Crippen molar-refractivity contribution in [3.63, 3.8) is 0 Å². The van der Waals surface area contributed by atoms with Crippen LogP contribution in [0.4, 0.5) is 4.39 Å². The predicted octanol–water partition coefficient (Wildman–Crippen LogP) is 3.65. The summed E-state index contributed by atoms with van der Waals surface area (Å²) < 4.78 is 13.6. The summed E-state index contributed by atoms with van der Waals surface area (Å²) in [7, 11) is 0. The molecule has 0 spiro atoms. The van der Waals surface area contributed by atoms with Crippen molar-refractivity contribution in [1.29, 1.82) is 0 Å². The molecule has 1 aliphatic heterocycles. The number of fused-ring (bicyclic) bond motifs is 1. The Balaban J connectivity index is 0.00000192. The Morgan fingerprint density at radius 1 is 1.17 bits per heavy atom. The highest BCUT2D eigenvalue weighted by Gasteiger charge is 2.16. The third-order valence-electron chi connectivity index (χ3n) is 4.14. The summed E-state index contributed by atoms with van der Waals surface area (Å²) in [5.74, 6) is -0.384. The van der Waals surface area contributed by atoms with Crippen LogP contribution in [0.5, 0.6) is 0 Å². The van der Waals surface area contributed by atoms with Crippen LogP contribution in [-0.2, 0) is 13.1 Å². The molecule has 0 aromatic heterocycles. The van der Waals surface area contributed by atoms with Gasteiger partial charge in [-0.2, -0.15) is 0 Å². The Kier molecular flexibility index (Phi) is 5.39. The molecular weight excluding hydrogens is 315 g/mol. The first-order valence-electron chi connectivity index (χ1n) is 7.44. The number of halogens is 2. The molecule has 2 N–H and O–H groups in total. The molecule has 1 amide bonds. The van der Waals surface area contributed by atoms with Crippen molar-refractivity contribution in [2.75, 3.05) is 0 Å². The van der Waals surface area contributed by atoms with E-state index in [1.807, 2.05) is 31.2 Å². The topological polar surface area (TPSA) is 41.1 Å². The summed E-state index contributed by atoms with van der Waals surface area (Å²) in [4.78, 5) is 12.4. The van der Waals surface area contributed by atoms with Crippen molar-refractivity contribution in [2.24, 2.45) is 0 Å². The molecule has 0 aliphatic carbocycles. The van der Waals surface area contributed by atoms with Crippen molar-refractivity contribution >= 4 is 18.3 Å². The van der Waals surface area contributed by atoms with Gasteiger partial charge in [-0.1, -0.05) is 18.2 Å². The van der Waals surface area contributed by atoms with E-state index in [1.54, 1.807) is 13.0 Å². The van der Waals surface area contributed by atoms with Crippen LogP contribution in [0.1, 0.15) is 45.6 Å². The number of nitrogens with one attached hydrogen (secondary N) is 2. The highest BCUT2D eigenvalue weighted by Crippen LogP contribution is 2.19. The van der Waals surface area contributed by atoms with E-state index in [2.05, 4.69) is 10.6 Å². The van der Waals surface area contributed by atoms with E-state index < -0.39 is 0 Å². The molecule has 1 heterocycles. The molecule has 0 fully saturated rings. The van der Waals surface area contributed by atoms with Crippen LogP contribution in [0.15, 0.2) is 36.4 Å². The summed E-state index contributed by atoms with van der Waals surface area (Å²) >= 11 is 0. The molecule has 0 saturated heterocycles. The number of aryl methyl sites for hydroxylation is 1. The van der Waals surface area contributed by atoms with E-state index in [-0.39, 0.29) is 30.2 Å². The third-order valence-corrected chi connectivity index (χ3v) is 4.14. The molecule has 2 aromatic carbocycles. The van der Waals surface area contributed by atoms with Gasteiger partial charge in [0.15, 0.2) is 0 Å². The monoisotopic (exact) mass is 334 g/mol. The highest BCUT2D eigenvalue weighted by atomic mass is 35.5. The number of hydrogen-bond acceptors (Lipinski definition) is 2. The molecule has 122 valence electrons. The number of carbonyl (C=O) groups is 1. The molecule has 0 radical (unpaired) electrons. The molecule has 0 bridgehead atoms. The fourth-order valence-corrected chi connectivity index (χ4v) is 2.68. The van der Waals surface area contributed by atoms with E-state index in [0.29, 0.717) is 11.1 Å². The second-order valence-electron chi connectivity index (χ2n) is 5.79. The molecular formula is C18H20ClFN2O. The first kappa shape index (κ1) is 17.4. The normalized spacial score (nSPS) is 13.9. The lowest BCUT2D eigenvalue weighted by atomic mass is 10.0. The fourth-order valence-electron chi connectivity index (χ4n) is 2.68. The van der Waals surface area contributed by atoms with Gasteiger partial charge in [-0.25, -0.2) is 4.39 Å². The molecule has 3 nitrogen and oxygen atoms in total. The van der Waals surface area contributed by atoms with Crippen LogP contribution in [0, 0.1) is 12.7 Å². The molecule has 3 rings (SSSR count). The average Bonchev–Trinajstić information content (AvgIpc) is 2.97. The minimum Gasteiger partial charge on any atom is -0.346 e. The Bertz CT molecular complexity index is 733. The number of amides is 1. The zero-order valence-corrected chi connectivity index (χ0v) is 14.0. The summed E-state index contributed by atoms with van der Waals surface area (Å²) in [5, 5.41) is 6.18. The number of carbonyl (C=O) groups excluding carboxylic acids is 1. The lowest BCUT2D eigenvalue weighted by molar-refractivity contribution is 0.0939. The Morgan fingerprint density at radius 2 is 1.91 bits per heavy atom. The van der Waals surface area contributed by atoms with E-state index in [4.69, 9.17) is 0 Å². The van der Waals surface area contributed by atoms with Gasteiger partial charge in [0.1, 0.15) is 5.82 Å². The van der Waals surface area contributed by atoms with Gasteiger partial charge in [0, 0.05) is 18.7 Å². The van der Waals surface area contributed by atoms with Crippen LogP contribution < -0.4 is 10.6 Å². The van der Waals surface area contributed by atoms with E-state index in [9.17, 15) is 9.18 Å². The summed E-state index contributed by atoms with van der Waals surface area (Å²) in [6.45, 7) is 5.24. The van der Waals surface area contributed by atoms with Crippen LogP contribution in [0.2, 0.25) is 0 Å². The number of hydrogen-bond donors (Lipinski definition) is 2. The minimum atomic E-state index is -0.248. The number of rotatable bonds is 3. The molecule has 1 aliphatic rings. The Morgan fingerprint density at radius 3 is 2.65 bits per heavy atom. The van der Waals surface area contributed by atoms with Crippen LogP contribution >= 0.6 is 12.4 Å². The Labute approximate surface area is 141 Å². The van der Waals surface area contributed by atoms with Crippen LogP contribution in [0.3, 0.4) is 0 Å². The third kappa shape index (κ3) is 3.71. The van der Waals surface area contributed by atoms with Gasteiger partial charge in [0.25, 0.3) is 5.91 Å². The SMILES string of the molecule is Cc1ccc(C(C)NC(=O)c2ccc3c(c2)CNC3)cc1F.Cl. The first-order chi connectivity index (χ1) is 10.5. The van der Waals surface area contributed by atoms with Crippen LogP contribution in [0.25, 0.3) is 0 Å². The standard InChI is InChI=1S/C18H19FN2O.ClH/c1-11-3-4-13(8-17(11)19)12(2)21-18(22)14-5-6-15-9-20-10-16(15)7-14;/h3-8,12,20H,9-10H2,1-2H3,(H,21,22);1H. The lowest BCUT2D eigenvalue weighted by Gasteiger charge is -2.15. The maximum absolute atomic E-state index is 13.6. The molecule has 1 unspecified atom stereocenters. The summed E-state index contributed by atoms with van der Waals surface area (Å²) in [6.07, 6.45) is 0. The van der Waals surface area contributed by atoms with E-state index in [1.165, 1.54) is 17.2 Å². The average molecular weight is 335 g/mol. The summed E-state index contributed by atoms with van der Waals surface area (Å²) in [5.41, 5.74) is 4.42. The van der Waals surface area contributed by atoms with Crippen molar-refractivity contribution < 1.29 is 9.18 Å². The second kappa shape index (κ2) is 7.11. The van der Waals surface area contributed by atoms with Gasteiger partial charge >= 0.3 is 0 Å². The maximum Gasteiger partial charge on any atom is 0.251 e. The van der Waals surface area contributed by atoms with Crippen molar-refractivity contribution in [3.05, 3.63) is 70.0 Å². The van der Waals surface area contributed by atoms with E-state index >= 15 is 0 Å². The van der Waals surface area contributed by atoms with Crippen molar-refractivity contribution in [2.45, 2.75) is 33.0 Å². The molecule has 2 aromatic rings. The zero-order valence-electron chi connectivity index (χ0n) is 13.2. The zero-order chi connectivity index (χ0) is 15.7. The van der Waals surface area contributed by atoms with Gasteiger partial charge in [-0.15, -0.1) is 12.4 Å². The Hall–Kier alpha value is -1.91. The molecule has 23 heavy (non-hydrogen) atoms.